The zero-order valence-electron chi connectivity index (χ0n) is 13.2. The van der Waals surface area contributed by atoms with Gasteiger partial charge in [0.05, 0.1) is 0 Å². The number of aromatic hydroxyl groups is 1. The molecular weight excluding hydrogens is 248 g/mol. The third-order valence-corrected chi connectivity index (χ3v) is 4.80. The fourth-order valence-electron chi connectivity index (χ4n) is 3.03. The van der Waals surface area contributed by atoms with Crippen molar-refractivity contribution in [3.05, 3.63) is 29.8 Å². The average Bonchev–Trinajstić information content (AvgIpc) is 2.43. The first-order valence-electron chi connectivity index (χ1n) is 7.71. The summed E-state index contributed by atoms with van der Waals surface area (Å²) in [5.74, 6) is 0.350. The molecule has 0 bridgehead atoms. The van der Waals surface area contributed by atoms with Gasteiger partial charge < -0.3 is 5.11 Å². The molecule has 0 spiro atoms. The number of phenols is 1. The van der Waals surface area contributed by atoms with Crippen LogP contribution in [0.5, 0.6) is 5.75 Å². The van der Waals surface area contributed by atoms with Gasteiger partial charge in [0.1, 0.15) is 5.75 Å². The molecule has 112 valence electrons. The van der Waals surface area contributed by atoms with E-state index in [0.717, 1.165) is 19.5 Å². The van der Waals surface area contributed by atoms with Gasteiger partial charge in [-0.2, -0.15) is 0 Å². The van der Waals surface area contributed by atoms with E-state index in [1.807, 2.05) is 12.1 Å². The molecule has 3 atom stereocenters. The van der Waals surface area contributed by atoms with Crippen LogP contribution in [0.15, 0.2) is 24.3 Å². The molecule has 0 radical (unpaired) electrons. The lowest BCUT2D eigenvalue weighted by molar-refractivity contribution is 0.0361. The van der Waals surface area contributed by atoms with E-state index in [1.54, 1.807) is 12.1 Å². The molecule has 1 aromatic carbocycles. The summed E-state index contributed by atoms with van der Waals surface area (Å²) in [5.41, 5.74) is 1.31. The van der Waals surface area contributed by atoms with Crippen LogP contribution >= 0.6 is 0 Å². The third-order valence-electron chi connectivity index (χ3n) is 4.80. The summed E-state index contributed by atoms with van der Waals surface area (Å²) in [6.45, 7) is 9.30. The fraction of sp³-hybridized carbons (Fsp3) is 0.647. The standard InChI is InChI=1S/C17H28N2O/c1-13(5-6-16-7-9-17(20)10-8-16)19-11-14(2)18(4)15(3)12-19/h7-10,13-15,20H,5-6,11-12H2,1-4H3. The van der Waals surface area contributed by atoms with Crippen LogP contribution in [0.4, 0.5) is 0 Å². The van der Waals surface area contributed by atoms with Crippen molar-refractivity contribution < 1.29 is 5.11 Å². The summed E-state index contributed by atoms with van der Waals surface area (Å²) < 4.78 is 0. The second kappa shape index (κ2) is 6.59. The molecule has 3 nitrogen and oxygen atoms in total. The van der Waals surface area contributed by atoms with Crippen molar-refractivity contribution in [3.8, 4) is 5.75 Å². The lowest BCUT2D eigenvalue weighted by atomic mass is 10.0. The maximum absolute atomic E-state index is 9.31. The molecule has 1 fully saturated rings. The van der Waals surface area contributed by atoms with Crippen molar-refractivity contribution >= 4 is 0 Å². The van der Waals surface area contributed by atoms with Crippen molar-refractivity contribution in [1.29, 1.82) is 0 Å². The predicted octanol–water partition coefficient (Wildman–Crippen LogP) is 2.74. The van der Waals surface area contributed by atoms with E-state index in [1.165, 1.54) is 12.0 Å². The first-order chi connectivity index (χ1) is 9.47. The molecular formula is C17H28N2O. The van der Waals surface area contributed by atoms with Crippen LogP contribution in [0.25, 0.3) is 0 Å². The van der Waals surface area contributed by atoms with Gasteiger partial charge in [-0.25, -0.2) is 0 Å². The summed E-state index contributed by atoms with van der Waals surface area (Å²) in [6.07, 6.45) is 2.25. The second-order valence-corrected chi connectivity index (χ2v) is 6.37. The topological polar surface area (TPSA) is 26.7 Å². The summed E-state index contributed by atoms with van der Waals surface area (Å²) in [7, 11) is 2.23. The molecule has 1 saturated heterocycles. The number of hydrogen-bond acceptors (Lipinski definition) is 3. The van der Waals surface area contributed by atoms with Crippen molar-refractivity contribution in [2.45, 2.75) is 51.7 Å². The van der Waals surface area contributed by atoms with Gasteiger partial charge in [0.15, 0.2) is 0 Å². The lowest BCUT2D eigenvalue weighted by Gasteiger charge is -2.45. The van der Waals surface area contributed by atoms with E-state index in [2.05, 4.69) is 37.6 Å². The van der Waals surface area contributed by atoms with Crippen LogP contribution in [-0.4, -0.2) is 53.2 Å². The predicted molar refractivity (Wildman–Crippen MR) is 84.1 cm³/mol. The Bertz CT molecular complexity index is 406. The summed E-state index contributed by atoms with van der Waals surface area (Å²) in [5, 5.41) is 9.31. The molecule has 1 aliphatic rings. The maximum atomic E-state index is 9.31. The fourth-order valence-corrected chi connectivity index (χ4v) is 3.03. The van der Waals surface area contributed by atoms with Gasteiger partial charge >= 0.3 is 0 Å². The van der Waals surface area contributed by atoms with Gasteiger partial charge in [0, 0.05) is 31.2 Å². The minimum Gasteiger partial charge on any atom is -0.508 e. The Morgan fingerprint density at radius 1 is 1.15 bits per heavy atom. The highest BCUT2D eigenvalue weighted by Crippen LogP contribution is 2.19. The number of piperazine rings is 1. The van der Waals surface area contributed by atoms with Crippen LogP contribution in [0, 0.1) is 0 Å². The van der Waals surface area contributed by atoms with E-state index in [0.29, 0.717) is 23.9 Å². The van der Waals surface area contributed by atoms with Crippen molar-refractivity contribution in [2.75, 3.05) is 20.1 Å². The number of benzene rings is 1. The van der Waals surface area contributed by atoms with E-state index in [-0.39, 0.29) is 0 Å². The van der Waals surface area contributed by atoms with E-state index < -0.39 is 0 Å². The molecule has 1 N–H and O–H groups in total. The van der Waals surface area contributed by atoms with Crippen LogP contribution in [-0.2, 0) is 6.42 Å². The first kappa shape index (κ1) is 15.3. The normalized spacial score (nSPS) is 26.6. The van der Waals surface area contributed by atoms with Crippen molar-refractivity contribution in [1.82, 2.24) is 9.80 Å². The summed E-state index contributed by atoms with van der Waals surface area (Å²) in [4.78, 5) is 5.10. The Morgan fingerprint density at radius 2 is 1.70 bits per heavy atom. The molecule has 3 unspecified atom stereocenters. The summed E-state index contributed by atoms with van der Waals surface area (Å²) >= 11 is 0. The maximum Gasteiger partial charge on any atom is 0.115 e. The highest BCUT2D eigenvalue weighted by Gasteiger charge is 2.28. The van der Waals surface area contributed by atoms with Crippen LogP contribution in [0.3, 0.4) is 0 Å². The second-order valence-electron chi connectivity index (χ2n) is 6.37. The lowest BCUT2D eigenvalue weighted by Crippen LogP contribution is -2.57. The van der Waals surface area contributed by atoms with Gasteiger partial charge in [-0.15, -0.1) is 0 Å². The number of hydrogen-bond donors (Lipinski definition) is 1. The van der Waals surface area contributed by atoms with Crippen molar-refractivity contribution in [3.63, 3.8) is 0 Å². The minimum absolute atomic E-state index is 0.350. The quantitative estimate of drug-likeness (QED) is 0.916. The van der Waals surface area contributed by atoms with Crippen LogP contribution in [0.1, 0.15) is 32.8 Å². The average molecular weight is 276 g/mol. The van der Waals surface area contributed by atoms with E-state index in [4.69, 9.17) is 0 Å². The van der Waals surface area contributed by atoms with Gasteiger partial charge in [-0.3, -0.25) is 9.80 Å². The zero-order chi connectivity index (χ0) is 14.7. The smallest absolute Gasteiger partial charge is 0.115 e. The number of phenolic OH excluding ortho intramolecular Hbond substituents is 1. The van der Waals surface area contributed by atoms with Crippen molar-refractivity contribution in [2.24, 2.45) is 0 Å². The van der Waals surface area contributed by atoms with E-state index in [9.17, 15) is 5.11 Å². The molecule has 0 aromatic heterocycles. The van der Waals surface area contributed by atoms with Gasteiger partial charge in [-0.1, -0.05) is 12.1 Å². The highest BCUT2D eigenvalue weighted by molar-refractivity contribution is 5.25. The zero-order valence-corrected chi connectivity index (χ0v) is 13.2. The van der Waals surface area contributed by atoms with E-state index >= 15 is 0 Å². The Kier molecular flexibility index (Phi) is 5.06. The Hall–Kier alpha value is -1.06. The molecule has 20 heavy (non-hydrogen) atoms. The molecule has 0 aliphatic carbocycles. The SMILES string of the molecule is CC(CCc1ccc(O)cc1)N1CC(C)N(C)C(C)C1. The molecule has 1 aliphatic heterocycles. The summed E-state index contributed by atoms with van der Waals surface area (Å²) in [6, 6.07) is 9.49. The Balaban J connectivity index is 1.85. The minimum atomic E-state index is 0.350. The third kappa shape index (κ3) is 3.74. The van der Waals surface area contributed by atoms with Gasteiger partial charge in [0.25, 0.3) is 0 Å². The number of rotatable bonds is 4. The molecule has 1 aromatic rings. The van der Waals surface area contributed by atoms with Gasteiger partial charge in [0.2, 0.25) is 0 Å². The van der Waals surface area contributed by atoms with Crippen LogP contribution < -0.4 is 0 Å². The Morgan fingerprint density at radius 3 is 2.25 bits per heavy atom. The molecule has 0 saturated carbocycles. The molecule has 2 rings (SSSR count). The number of aryl methyl sites for hydroxylation is 1. The van der Waals surface area contributed by atoms with Gasteiger partial charge in [-0.05, 0) is 58.4 Å². The first-order valence-corrected chi connectivity index (χ1v) is 7.71. The molecule has 1 heterocycles. The molecule has 3 heteroatoms. The largest absolute Gasteiger partial charge is 0.508 e. The highest BCUT2D eigenvalue weighted by atomic mass is 16.3. The number of likely N-dealkylation sites (N-methyl/N-ethyl adjacent to an activating group) is 1. The Labute approximate surface area is 123 Å². The number of nitrogens with zero attached hydrogens (tertiary/aromatic N) is 2. The van der Waals surface area contributed by atoms with Crippen LogP contribution in [0.2, 0.25) is 0 Å². The monoisotopic (exact) mass is 276 g/mol. The molecule has 0 amide bonds.